The lowest BCUT2D eigenvalue weighted by Crippen LogP contribution is -2.01. The van der Waals surface area contributed by atoms with Gasteiger partial charge in [-0.3, -0.25) is 0 Å². The lowest BCUT2D eigenvalue weighted by molar-refractivity contribution is -0.137. The van der Waals surface area contributed by atoms with E-state index in [1.54, 1.807) is 0 Å². The monoisotopic (exact) mass is 150 g/mol. The Hall–Kier alpha value is -0.930. The molecule has 0 N–H and O–H groups in total. The molecule has 0 radical (unpaired) electrons. The van der Waals surface area contributed by atoms with Crippen LogP contribution in [0, 0.1) is 6.92 Å². The summed E-state index contributed by atoms with van der Waals surface area (Å²) in [4.78, 5) is 0. The molecule has 1 heterocycles. The molecule has 1 nitrogen and oxygen atoms in total. The largest absolute Gasteiger partial charge is 0.469 e. The van der Waals surface area contributed by atoms with Crippen LogP contribution in [0.2, 0.25) is 0 Å². The number of aryl methyl sites for hydroxylation is 1. The molecular formula is C6H5F3O. The van der Waals surface area contributed by atoms with Crippen LogP contribution in [0.1, 0.15) is 11.3 Å². The van der Waals surface area contributed by atoms with Crippen molar-refractivity contribution in [3.05, 3.63) is 23.7 Å². The second-order valence-corrected chi connectivity index (χ2v) is 1.94. The molecule has 1 aromatic heterocycles. The van der Waals surface area contributed by atoms with E-state index in [0.717, 1.165) is 6.07 Å². The van der Waals surface area contributed by atoms with Crippen molar-refractivity contribution in [2.75, 3.05) is 0 Å². The zero-order chi connectivity index (χ0) is 7.78. The van der Waals surface area contributed by atoms with Gasteiger partial charge < -0.3 is 4.42 Å². The summed E-state index contributed by atoms with van der Waals surface area (Å²) in [5.74, 6) is 0.271. The van der Waals surface area contributed by atoms with Gasteiger partial charge in [-0.05, 0) is 13.0 Å². The summed E-state index contributed by atoms with van der Waals surface area (Å²) in [6.45, 7) is 1.47. The molecule has 0 saturated heterocycles. The van der Waals surface area contributed by atoms with Crippen LogP contribution in [-0.2, 0) is 6.18 Å². The number of hydrogen-bond acceptors (Lipinski definition) is 1. The molecule has 0 aromatic carbocycles. The van der Waals surface area contributed by atoms with Crippen molar-refractivity contribution in [3.63, 3.8) is 0 Å². The van der Waals surface area contributed by atoms with Gasteiger partial charge in [0.2, 0.25) is 0 Å². The smallest absolute Gasteiger partial charge is 0.419 e. The van der Waals surface area contributed by atoms with Crippen molar-refractivity contribution in [2.24, 2.45) is 0 Å². The molecule has 0 unspecified atom stereocenters. The van der Waals surface area contributed by atoms with Crippen molar-refractivity contribution in [2.45, 2.75) is 13.1 Å². The predicted octanol–water partition coefficient (Wildman–Crippen LogP) is 2.61. The highest BCUT2D eigenvalue weighted by Gasteiger charge is 2.31. The minimum Gasteiger partial charge on any atom is -0.469 e. The number of alkyl halides is 3. The zero-order valence-electron chi connectivity index (χ0n) is 5.20. The summed E-state index contributed by atoms with van der Waals surface area (Å²) >= 11 is 0. The van der Waals surface area contributed by atoms with Crippen molar-refractivity contribution in [3.8, 4) is 0 Å². The number of furan rings is 1. The van der Waals surface area contributed by atoms with Crippen LogP contribution in [-0.4, -0.2) is 0 Å². The molecule has 0 spiro atoms. The molecule has 10 heavy (non-hydrogen) atoms. The highest BCUT2D eigenvalue weighted by Crippen LogP contribution is 2.30. The third-order valence-electron chi connectivity index (χ3n) is 1.06. The molecule has 0 aliphatic heterocycles. The summed E-state index contributed by atoms with van der Waals surface area (Å²) in [5, 5.41) is 0. The lowest BCUT2D eigenvalue weighted by atomic mass is 10.3. The van der Waals surface area contributed by atoms with E-state index < -0.39 is 11.7 Å². The molecule has 1 aromatic rings. The Morgan fingerprint density at radius 1 is 1.40 bits per heavy atom. The first-order chi connectivity index (χ1) is 4.50. The maximum absolute atomic E-state index is 11.7. The Morgan fingerprint density at radius 3 is 2.20 bits per heavy atom. The Balaban J connectivity index is 2.96. The van der Waals surface area contributed by atoms with Gasteiger partial charge in [-0.15, -0.1) is 0 Å². The van der Waals surface area contributed by atoms with Crippen LogP contribution in [0.15, 0.2) is 16.7 Å². The Bertz CT molecular complexity index is 223. The summed E-state index contributed by atoms with van der Waals surface area (Å²) in [6.07, 6.45) is -3.58. The Kier molecular flexibility index (Phi) is 1.46. The van der Waals surface area contributed by atoms with Crippen molar-refractivity contribution in [1.82, 2.24) is 0 Å². The van der Waals surface area contributed by atoms with E-state index in [1.165, 1.54) is 6.92 Å². The van der Waals surface area contributed by atoms with Gasteiger partial charge >= 0.3 is 6.18 Å². The van der Waals surface area contributed by atoms with E-state index in [1.807, 2.05) is 0 Å². The van der Waals surface area contributed by atoms with Crippen molar-refractivity contribution < 1.29 is 17.6 Å². The fraction of sp³-hybridized carbons (Fsp3) is 0.333. The highest BCUT2D eigenvalue weighted by atomic mass is 19.4. The molecule has 0 atom stereocenters. The van der Waals surface area contributed by atoms with E-state index in [0.29, 0.717) is 6.26 Å². The van der Waals surface area contributed by atoms with Gasteiger partial charge in [0.25, 0.3) is 0 Å². The summed E-state index contributed by atoms with van der Waals surface area (Å²) in [5.41, 5.74) is -0.731. The fourth-order valence-electron chi connectivity index (χ4n) is 0.592. The minimum atomic E-state index is -4.28. The van der Waals surface area contributed by atoms with Crippen LogP contribution in [0.5, 0.6) is 0 Å². The average Bonchev–Trinajstić information content (AvgIpc) is 2.11. The van der Waals surface area contributed by atoms with E-state index in [4.69, 9.17) is 0 Å². The van der Waals surface area contributed by atoms with Gasteiger partial charge in [-0.2, -0.15) is 13.2 Å². The molecule has 0 bridgehead atoms. The SMILES string of the molecule is Cc1cc(C(F)(F)F)co1. The third kappa shape index (κ3) is 1.32. The van der Waals surface area contributed by atoms with Gasteiger partial charge in [0, 0.05) is 0 Å². The first-order valence-electron chi connectivity index (χ1n) is 2.62. The van der Waals surface area contributed by atoms with Crippen LogP contribution in [0.3, 0.4) is 0 Å². The molecule has 0 aliphatic rings. The van der Waals surface area contributed by atoms with E-state index in [9.17, 15) is 13.2 Å². The first kappa shape index (κ1) is 7.18. The maximum atomic E-state index is 11.7. The third-order valence-corrected chi connectivity index (χ3v) is 1.06. The van der Waals surface area contributed by atoms with Crippen LogP contribution in [0.4, 0.5) is 13.2 Å². The summed E-state index contributed by atoms with van der Waals surface area (Å²) in [6, 6.07) is 0.958. The van der Waals surface area contributed by atoms with Crippen LogP contribution >= 0.6 is 0 Å². The highest BCUT2D eigenvalue weighted by molar-refractivity contribution is 5.14. The fourth-order valence-corrected chi connectivity index (χ4v) is 0.592. The normalized spacial score (nSPS) is 12.0. The molecule has 56 valence electrons. The Labute approximate surface area is 55.5 Å². The van der Waals surface area contributed by atoms with Gasteiger partial charge in [-0.25, -0.2) is 0 Å². The van der Waals surface area contributed by atoms with Crippen molar-refractivity contribution >= 4 is 0 Å². The standard InChI is InChI=1S/C6H5F3O/c1-4-2-5(3-10-4)6(7,8)9/h2-3H,1H3. The van der Waals surface area contributed by atoms with E-state index >= 15 is 0 Å². The number of hydrogen-bond donors (Lipinski definition) is 0. The molecule has 0 saturated carbocycles. The Morgan fingerprint density at radius 2 is 2.00 bits per heavy atom. The maximum Gasteiger partial charge on any atom is 0.419 e. The van der Waals surface area contributed by atoms with Gasteiger partial charge in [0.05, 0.1) is 5.56 Å². The minimum absolute atomic E-state index is 0.271. The molecule has 4 heteroatoms. The quantitative estimate of drug-likeness (QED) is 0.554. The summed E-state index contributed by atoms with van der Waals surface area (Å²) < 4.78 is 39.7. The van der Waals surface area contributed by atoms with Gasteiger partial charge in [-0.1, -0.05) is 0 Å². The number of rotatable bonds is 0. The van der Waals surface area contributed by atoms with Crippen molar-refractivity contribution in [1.29, 1.82) is 0 Å². The molecule has 0 aliphatic carbocycles. The number of halogens is 3. The first-order valence-corrected chi connectivity index (χ1v) is 2.62. The van der Waals surface area contributed by atoms with Crippen LogP contribution in [0.25, 0.3) is 0 Å². The molecule has 0 fully saturated rings. The van der Waals surface area contributed by atoms with Gasteiger partial charge in [0.15, 0.2) is 0 Å². The topological polar surface area (TPSA) is 13.1 Å². The lowest BCUT2D eigenvalue weighted by Gasteiger charge is -1.99. The predicted molar refractivity (Wildman–Crippen MR) is 28.4 cm³/mol. The van der Waals surface area contributed by atoms with Gasteiger partial charge in [0.1, 0.15) is 12.0 Å². The summed E-state index contributed by atoms with van der Waals surface area (Å²) in [7, 11) is 0. The average molecular weight is 150 g/mol. The van der Waals surface area contributed by atoms with Crippen LogP contribution < -0.4 is 0 Å². The molecule has 0 amide bonds. The molecule has 1 rings (SSSR count). The van der Waals surface area contributed by atoms with E-state index in [-0.39, 0.29) is 5.76 Å². The second kappa shape index (κ2) is 2.04. The molecular weight excluding hydrogens is 145 g/mol. The van der Waals surface area contributed by atoms with E-state index in [2.05, 4.69) is 4.42 Å². The zero-order valence-corrected chi connectivity index (χ0v) is 5.20. The second-order valence-electron chi connectivity index (χ2n) is 1.94.